The average molecular weight is 704 g/mol. The van der Waals surface area contributed by atoms with Crippen molar-refractivity contribution in [1.82, 2.24) is 9.97 Å². The zero-order valence-corrected chi connectivity index (χ0v) is 24.5. The second-order valence-electron chi connectivity index (χ2n) is 9.88. The predicted molar refractivity (Wildman–Crippen MR) is 154 cm³/mol. The summed E-state index contributed by atoms with van der Waals surface area (Å²) in [5.41, 5.74) is 10.2. The number of rotatable bonds is 3. The molecule has 201 valence electrons. The molecular formula is C34H27IrN2O3-. The van der Waals surface area contributed by atoms with Gasteiger partial charge in [0.25, 0.3) is 0 Å². The third kappa shape index (κ3) is 5.21. The molecule has 0 saturated heterocycles. The van der Waals surface area contributed by atoms with Crippen LogP contribution < -0.4 is 0 Å². The van der Waals surface area contributed by atoms with Crippen LogP contribution in [0.3, 0.4) is 0 Å². The van der Waals surface area contributed by atoms with E-state index in [1.165, 1.54) is 42.2 Å². The van der Waals surface area contributed by atoms with Crippen LogP contribution in [0.4, 0.5) is 0 Å². The molecule has 3 aliphatic carbocycles. The summed E-state index contributed by atoms with van der Waals surface area (Å²) >= 11 is 0. The smallest absolute Gasteiger partial charge is 0.155 e. The van der Waals surface area contributed by atoms with Crippen molar-refractivity contribution in [3.8, 4) is 22.4 Å². The summed E-state index contributed by atoms with van der Waals surface area (Å²) in [7, 11) is 0. The van der Waals surface area contributed by atoms with Crippen molar-refractivity contribution >= 4 is 28.4 Å². The zero-order valence-electron chi connectivity index (χ0n) is 22.1. The van der Waals surface area contributed by atoms with Crippen molar-refractivity contribution in [1.29, 1.82) is 0 Å². The molecule has 0 spiro atoms. The average Bonchev–Trinajstić information content (AvgIpc) is 3.33. The molecule has 3 aliphatic rings. The maximum Gasteiger partial charge on any atom is 0.155 e. The Labute approximate surface area is 246 Å². The van der Waals surface area contributed by atoms with Crippen molar-refractivity contribution in [2.75, 3.05) is 0 Å². The molecule has 1 radical (unpaired) electrons. The van der Waals surface area contributed by atoms with E-state index < -0.39 is 0 Å². The summed E-state index contributed by atoms with van der Waals surface area (Å²) in [6.07, 6.45) is 20.2. The van der Waals surface area contributed by atoms with Crippen LogP contribution in [0.1, 0.15) is 38.0 Å². The van der Waals surface area contributed by atoms with Crippen LogP contribution in [0.5, 0.6) is 0 Å². The number of pyridine rings is 2. The Hall–Kier alpha value is -4.12. The van der Waals surface area contributed by atoms with Gasteiger partial charge in [0.05, 0.1) is 11.3 Å². The van der Waals surface area contributed by atoms with Gasteiger partial charge in [-0.25, -0.2) is 0 Å². The maximum atomic E-state index is 10.0. The number of aromatic nitrogens is 2. The largest absolute Gasteiger partial charge is 0.512 e. The molecule has 1 N–H and O–H groups in total. The Bertz CT molecular complexity index is 1740. The van der Waals surface area contributed by atoms with Crippen LogP contribution in [0.2, 0.25) is 0 Å². The van der Waals surface area contributed by atoms with Crippen molar-refractivity contribution in [2.45, 2.75) is 26.7 Å². The Morgan fingerprint density at radius 2 is 2.00 bits per heavy atom. The van der Waals surface area contributed by atoms with E-state index in [1.54, 1.807) is 6.20 Å². The molecule has 3 heterocycles. The van der Waals surface area contributed by atoms with Gasteiger partial charge in [0.1, 0.15) is 5.76 Å². The molecule has 5 nitrogen and oxygen atoms in total. The standard InChI is InChI=1S/C29H19N2O.C5H8O2.Ir/c1-5-18-6-2-10-23-27(18)19(7-1)15-24-28-22(9-3-11-26(28)32-29(23)24)25-13-12-21(17-31-25)20-8-4-14-30-16-20;1-4(6)3-5(2)7;/h2-6,8,10-17,27H,1,7H2;3,6H,1-2H3;/q-1;;/b;4-3-;. The minimum Gasteiger partial charge on any atom is -0.512 e. The van der Waals surface area contributed by atoms with Crippen molar-refractivity contribution in [2.24, 2.45) is 5.92 Å². The second-order valence-corrected chi connectivity index (χ2v) is 9.88. The fourth-order valence-electron chi connectivity index (χ4n) is 5.54. The topological polar surface area (TPSA) is 76.2 Å². The normalized spacial score (nSPS) is 16.8. The number of aliphatic hydroxyl groups excluding tert-OH is 1. The third-order valence-corrected chi connectivity index (χ3v) is 7.10. The number of aliphatic hydroxyl groups is 1. The fourth-order valence-corrected chi connectivity index (χ4v) is 5.54. The Kier molecular flexibility index (Phi) is 7.92. The van der Waals surface area contributed by atoms with Crippen LogP contribution in [-0.4, -0.2) is 20.9 Å². The van der Waals surface area contributed by atoms with Gasteiger partial charge in [0.15, 0.2) is 5.78 Å². The predicted octanol–water partition coefficient (Wildman–Crippen LogP) is 8.08. The second kappa shape index (κ2) is 11.5. The number of nitrogens with zero attached hydrogens (tertiary/aromatic N) is 2. The summed E-state index contributed by atoms with van der Waals surface area (Å²) in [4.78, 5) is 19.0. The van der Waals surface area contributed by atoms with Crippen molar-refractivity contribution in [3.63, 3.8) is 0 Å². The Balaban J connectivity index is 0.000000362. The monoisotopic (exact) mass is 704 g/mol. The summed E-state index contributed by atoms with van der Waals surface area (Å²) in [5, 5.41) is 9.46. The van der Waals surface area contributed by atoms with E-state index in [1.807, 2.05) is 36.7 Å². The summed E-state index contributed by atoms with van der Waals surface area (Å²) in [6, 6.07) is 15.5. The number of allylic oxidation sites excluding steroid dienone is 9. The van der Waals surface area contributed by atoms with E-state index in [4.69, 9.17) is 14.5 Å². The van der Waals surface area contributed by atoms with Gasteiger partial charge in [-0.2, -0.15) is 0 Å². The van der Waals surface area contributed by atoms with Gasteiger partial charge in [-0.15, -0.1) is 17.7 Å². The van der Waals surface area contributed by atoms with E-state index in [9.17, 15) is 4.79 Å². The third-order valence-electron chi connectivity index (χ3n) is 7.10. The van der Waals surface area contributed by atoms with E-state index >= 15 is 0 Å². The summed E-state index contributed by atoms with van der Waals surface area (Å²) in [5.74, 6) is 1.26. The van der Waals surface area contributed by atoms with Crippen LogP contribution >= 0.6 is 0 Å². The first-order chi connectivity index (χ1) is 19.0. The van der Waals surface area contributed by atoms with Gasteiger partial charge < -0.3 is 14.5 Å². The molecule has 0 bridgehead atoms. The maximum absolute atomic E-state index is 10.0. The van der Waals surface area contributed by atoms with Crippen molar-refractivity contribution in [3.05, 3.63) is 120 Å². The number of hydrogen-bond donors (Lipinski definition) is 1. The molecule has 0 amide bonds. The van der Waals surface area contributed by atoms with Crippen LogP contribution in [0.25, 0.3) is 45.0 Å². The number of hydrogen-bond acceptors (Lipinski definition) is 5. The molecule has 7 rings (SSSR count). The van der Waals surface area contributed by atoms with Gasteiger partial charge in [-0.1, -0.05) is 65.6 Å². The van der Waals surface area contributed by atoms with Gasteiger partial charge in [-0.3, -0.25) is 9.78 Å². The van der Waals surface area contributed by atoms with Crippen LogP contribution in [0.15, 0.2) is 107 Å². The minimum atomic E-state index is -0.125. The van der Waals surface area contributed by atoms with E-state index in [-0.39, 0.29) is 31.6 Å². The van der Waals surface area contributed by atoms with Gasteiger partial charge in [0, 0.05) is 61.8 Å². The molecule has 0 aliphatic heterocycles. The molecule has 1 aromatic carbocycles. The van der Waals surface area contributed by atoms with Gasteiger partial charge in [-0.05, 0) is 55.1 Å². The number of ketones is 1. The molecular weight excluding hydrogens is 677 g/mol. The van der Waals surface area contributed by atoms with Gasteiger partial charge >= 0.3 is 0 Å². The van der Waals surface area contributed by atoms with E-state index in [0.717, 1.165) is 52.0 Å². The molecule has 3 aromatic heterocycles. The molecule has 40 heavy (non-hydrogen) atoms. The van der Waals surface area contributed by atoms with Crippen LogP contribution in [0, 0.1) is 12.0 Å². The fraction of sp³-hybridized carbons (Fsp3) is 0.147. The summed E-state index contributed by atoms with van der Waals surface area (Å²) in [6.45, 7) is 2.85. The SMILES string of the molecule is CC(=O)/C=C(/C)O.[Ir].[c-]1ccc2oc3c(c2c1-c1ccc(-c2cccnc2)cn1)C=C1CCC=C2C=CC=C3C21. The molecule has 1 atom stereocenters. The first-order valence-electron chi connectivity index (χ1n) is 13.0. The number of benzene rings is 1. The molecule has 1 unspecified atom stereocenters. The van der Waals surface area contributed by atoms with Gasteiger partial charge in [0.2, 0.25) is 0 Å². The first-order valence-corrected chi connectivity index (χ1v) is 13.0. The summed E-state index contributed by atoms with van der Waals surface area (Å²) < 4.78 is 6.45. The number of fused-ring (bicyclic) bond motifs is 4. The van der Waals surface area contributed by atoms with Crippen molar-refractivity contribution < 1.29 is 34.4 Å². The number of carbonyl (C=O) groups excluding carboxylic acids is 1. The van der Waals surface area contributed by atoms with Crippen LogP contribution in [-0.2, 0) is 24.9 Å². The van der Waals surface area contributed by atoms with E-state index in [0.29, 0.717) is 5.92 Å². The molecule has 4 aromatic rings. The number of carbonyl (C=O) groups is 1. The minimum absolute atomic E-state index is 0. The Morgan fingerprint density at radius 1 is 1.15 bits per heavy atom. The molecule has 0 saturated carbocycles. The first kappa shape index (κ1) is 27.4. The number of furan rings is 1. The molecule has 6 heteroatoms. The molecule has 0 fully saturated rings. The zero-order chi connectivity index (χ0) is 26.9. The van der Waals surface area contributed by atoms with E-state index in [2.05, 4.69) is 53.6 Å². The quantitative estimate of drug-likeness (QED) is 0.133. The Morgan fingerprint density at radius 3 is 2.70 bits per heavy atom.